The first-order valence-electron chi connectivity index (χ1n) is 6.48. The van der Waals surface area contributed by atoms with Gasteiger partial charge in [0.05, 0.1) is 0 Å². The number of carbonyl (C=O) groups is 1. The van der Waals surface area contributed by atoms with Gasteiger partial charge < -0.3 is 5.32 Å². The number of aryl methyl sites for hydroxylation is 1. The molecule has 0 amide bonds. The second kappa shape index (κ2) is 5.32. The minimum Gasteiger partial charge on any atom is -0.316 e. The van der Waals surface area contributed by atoms with Gasteiger partial charge in [0.2, 0.25) is 0 Å². The fourth-order valence-corrected chi connectivity index (χ4v) is 3.52. The Morgan fingerprint density at radius 2 is 2.41 bits per heavy atom. The van der Waals surface area contributed by atoms with Crippen molar-refractivity contribution in [2.45, 2.75) is 39.5 Å². The molecule has 1 atom stereocenters. The number of Topliss-reactive ketones (excluding diaryl/α,β-unsaturated/α-hetero) is 1. The van der Waals surface area contributed by atoms with Crippen molar-refractivity contribution < 1.29 is 4.79 Å². The number of ketones is 1. The summed E-state index contributed by atoms with van der Waals surface area (Å²) in [6.07, 6.45) is 4.25. The van der Waals surface area contributed by atoms with Crippen LogP contribution in [0.1, 0.15) is 47.8 Å². The van der Waals surface area contributed by atoms with Crippen LogP contribution in [-0.4, -0.2) is 18.9 Å². The van der Waals surface area contributed by atoms with Crippen molar-refractivity contribution in [1.29, 1.82) is 0 Å². The van der Waals surface area contributed by atoms with Crippen LogP contribution in [-0.2, 0) is 0 Å². The number of rotatable bonds is 4. The predicted molar refractivity (Wildman–Crippen MR) is 72.8 cm³/mol. The average molecular weight is 251 g/mol. The van der Waals surface area contributed by atoms with E-state index in [2.05, 4.69) is 19.2 Å². The number of hydrogen-bond donors (Lipinski definition) is 1. The molecule has 1 saturated heterocycles. The van der Waals surface area contributed by atoms with E-state index in [0.717, 1.165) is 44.3 Å². The molecule has 0 spiro atoms. The lowest BCUT2D eigenvalue weighted by atomic mass is 9.72. The summed E-state index contributed by atoms with van der Waals surface area (Å²) >= 11 is 1.67. The van der Waals surface area contributed by atoms with Crippen molar-refractivity contribution in [3.63, 3.8) is 0 Å². The van der Waals surface area contributed by atoms with Crippen molar-refractivity contribution in [2.24, 2.45) is 5.41 Å². The summed E-state index contributed by atoms with van der Waals surface area (Å²) in [7, 11) is 0. The molecule has 2 rings (SSSR count). The summed E-state index contributed by atoms with van der Waals surface area (Å²) in [5.74, 6) is 0.357. The van der Waals surface area contributed by atoms with Gasteiger partial charge in [-0.2, -0.15) is 0 Å². The summed E-state index contributed by atoms with van der Waals surface area (Å²) in [4.78, 5) is 13.9. The lowest BCUT2D eigenvalue weighted by Crippen LogP contribution is -2.45. The Labute approximate surface area is 107 Å². The Morgan fingerprint density at radius 3 is 2.94 bits per heavy atom. The first kappa shape index (κ1) is 12.8. The van der Waals surface area contributed by atoms with Crippen LogP contribution < -0.4 is 5.32 Å². The second-order valence-electron chi connectivity index (χ2n) is 5.09. The molecule has 94 valence electrons. The minimum atomic E-state index is -0.138. The summed E-state index contributed by atoms with van der Waals surface area (Å²) in [6.45, 7) is 6.14. The Kier molecular flexibility index (Phi) is 4.00. The molecule has 1 aromatic rings. The Bertz CT molecular complexity index is 385. The molecule has 3 heteroatoms. The quantitative estimate of drug-likeness (QED) is 0.831. The standard InChI is InChI=1S/C14H21NOS/c1-3-5-14(6-4-7-15-10-14)13(16)12-8-11(2)17-9-12/h8-9,15H,3-7,10H2,1-2H3. The maximum atomic E-state index is 12.7. The van der Waals surface area contributed by atoms with E-state index in [0.29, 0.717) is 5.78 Å². The van der Waals surface area contributed by atoms with Gasteiger partial charge in [-0.1, -0.05) is 13.3 Å². The molecular weight excluding hydrogens is 230 g/mol. The fourth-order valence-electron chi connectivity index (χ4n) is 2.84. The number of hydrogen-bond acceptors (Lipinski definition) is 3. The zero-order valence-corrected chi connectivity index (χ0v) is 11.5. The van der Waals surface area contributed by atoms with Gasteiger partial charge in [0.1, 0.15) is 0 Å². The topological polar surface area (TPSA) is 29.1 Å². The van der Waals surface area contributed by atoms with Crippen LogP contribution in [0.25, 0.3) is 0 Å². The largest absolute Gasteiger partial charge is 0.316 e. The van der Waals surface area contributed by atoms with Gasteiger partial charge in [-0.05, 0) is 38.8 Å². The lowest BCUT2D eigenvalue weighted by Gasteiger charge is -2.36. The molecule has 0 aromatic carbocycles. The van der Waals surface area contributed by atoms with Crippen LogP contribution in [0.2, 0.25) is 0 Å². The van der Waals surface area contributed by atoms with Gasteiger partial charge in [-0.25, -0.2) is 0 Å². The van der Waals surface area contributed by atoms with E-state index in [1.54, 1.807) is 11.3 Å². The van der Waals surface area contributed by atoms with Crippen molar-refractivity contribution in [3.8, 4) is 0 Å². The number of piperidine rings is 1. The van der Waals surface area contributed by atoms with Crippen molar-refractivity contribution in [2.75, 3.05) is 13.1 Å². The highest BCUT2D eigenvalue weighted by molar-refractivity contribution is 7.10. The molecule has 2 nitrogen and oxygen atoms in total. The molecule has 0 bridgehead atoms. The molecule has 1 aromatic heterocycles. The van der Waals surface area contributed by atoms with Crippen molar-refractivity contribution in [1.82, 2.24) is 5.32 Å². The second-order valence-corrected chi connectivity index (χ2v) is 6.20. The van der Waals surface area contributed by atoms with Crippen LogP contribution in [0.5, 0.6) is 0 Å². The van der Waals surface area contributed by atoms with Crippen LogP contribution in [0.15, 0.2) is 11.4 Å². The predicted octanol–water partition coefficient (Wildman–Crippen LogP) is 3.41. The molecule has 0 aliphatic carbocycles. The number of carbonyl (C=O) groups excluding carboxylic acids is 1. The van der Waals surface area contributed by atoms with Gasteiger partial charge in [-0.15, -0.1) is 11.3 Å². The van der Waals surface area contributed by atoms with E-state index in [9.17, 15) is 4.79 Å². The molecular formula is C14H21NOS. The highest BCUT2D eigenvalue weighted by Gasteiger charge is 2.39. The maximum absolute atomic E-state index is 12.7. The van der Waals surface area contributed by atoms with Crippen LogP contribution in [0.4, 0.5) is 0 Å². The van der Waals surface area contributed by atoms with Gasteiger partial charge in [-0.3, -0.25) is 4.79 Å². The molecule has 1 fully saturated rings. The van der Waals surface area contributed by atoms with Crippen molar-refractivity contribution in [3.05, 3.63) is 21.9 Å². The van der Waals surface area contributed by atoms with Crippen LogP contribution in [0, 0.1) is 12.3 Å². The highest BCUT2D eigenvalue weighted by atomic mass is 32.1. The molecule has 17 heavy (non-hydrogen) atoms. The van der Waals surface area contributed by atoms with Crippen molar-refractivity contribution >= 4 is 17.1 Å². The summed E-state index contributed by atoms with van der Waals surface area (Å²) in [5, 5.41) is 5.42. The van der Waals surface area contributed by atoms with Gasteiger partial charge in [0, 0.05) is 27.8 Å². The molecule has 1 unspecified atom stereocenters. The number of thiophene rings is 1. The van der Waals surface area contributed by atoms with Crippen LogP contribution in [0.3, 0.4) is 0 Å². The Balaban J connectivity index is 2.23. The molecule has 1 N–H and O–H groups in total. The fraction of sp³-hybridized carbons (Fsp3) is 0.643. The van der Waals surface area contributed by atoms with E-state index in [4.69, 9.17) is 0 Å². The van der Waals surface area contributed by atoms with E-state index in [1.807, 2.05) is 11.4 Å². The van der Waals surface area contributed by atoms with Gasteiger partial charge >= 0.3 is 0 Å². The molecule has 2 heterocycles. The third kappa shape index (κ3) is 2.61. The first-order valence-corrected chi connectivity index (χ1v) is 7.36. The number of nitrogens with one attached hydrogen (secondary N) is 1. The van der Waals surface area contributed by atoms with E-state index in [1.165, 1.54) is 4.88 Å². The highest BCUT2D eigenvalue weighted by Crippen LogP contribution is 2.36. The molecule has 1 aliphatic heterocycles. The molecule has 0 saturated carbocycles. The average Bonchev–Trinajstić information content (AvgIpc) is 2.76. The molecule has 1 aliphatic rings. The minimum absolute atomic E-state index is 0.138. The van der Waals surface area contributed by atoms with E-state index >= 15 is 0 Å². The monoisotopic (exact) mass is 251 g/mol. The van der Waals surface area contributed by atoms with E-state index < -0.39 is 0 Å². The molecule has 0 radical (unpaired) electrons. The summed E-state index contributed by atoms with van der Waals surface area (Å²) < 4.78 is 0. The SMILES string of the molecule is CCCC1(C(=O)c2csc(C)c2)CCCNC1. The van der Waals surface area contributed by atoms with Gasteiger partial charge in [0.15, 0.2) is 5.78 Å². The zero-order chi connectivity index (χ0) is 12.3. The van der Waals surface area contributed by atoms with E-state index in [-0.39, 0.29) is 5.41 Å². The van der Waals surface area contributed by atoms with Gasteiger partial charge in [0.25, 0.3) is 0 Å². The normalized spacial score (nSPS) is 24.8. The Hall–Kier alpha value is -0.670. The lowest BCUT2D eigenvalue weighted by molar-refractivity contribution is 0.0718. The Morgan fingerprint density at radius 1 is 1.59 bits per heavy atom. The first-order chi connectivity index (χ1) is 8.18. The smallest absolute Gasteiger partial charge is 0.171 e. The third-order valence-electron chi connectivity index (χ3n) is 3.68. The maximum Gasteiger partial charge on any atom is 0.171 e. The van der Waals surface area contributed by atoms with Crippen LogP contribution >= 0.6 is 11.3 Å². The zero-order valence-electron chi connectivity index (χ0n) is 10.7. The summed E-state index contributed by atoms with van der Waals surface area (Å²) in [6, 6.07) is 2.04. The summed E-state index contributed by atoms with van der Waals surface area (Å²) in [5.41, 5.74) is 0.783. The third-order valence-corrected chi connectivity index (χ3v) is 4.54.